The Hall–Kier alpha value is -2.34. The molecule has 5 nitrogen and oxygen atoms in total. The highest BCUT2D eigenvalue weighted by atomic mass is 32.1. The van der Waals surface area contributed by atoms with Gasteiger partial charge in [-0.25, -0.2) is 9.59 Å². The van der Waals surface area contributed by atoms with Gasteiger partial charge in [-0.05, 0) is 42.1 Å². The van der Waals surface area contributed by atoms with E-state index in [0.29, 0.717) is 17.8 Å². The van der Waals surface area contributed by atoms with Gasteiger partial charge in [0.05, 0.1) is 12.7 Å². The van der Waals surface area contributed by atoms with Crippen molar-refractivity contribution in [1.82, 2.24) is 5.32 Å². The Kier molecular flexibility index (Phi) is 5.34. The molecule has 0 atom stereocenters. The van der Waals surface area contributed by atoms with Crippen LogP contribution in [0.3, 0.4) is 0 Å². The first-order chi connectivity index (χ1) is 10.2. The minimum absolute atomic E-state index is 0.266. The molecule has 2 N–H and O–H groups in total. The van der Waals surface area contributed by atoms with Crippen molar-refractivity contribution in [1.29, 1.82) is 0 Å². The molecular weight excluding hydrogens is 288 g/mol. The fraction of sp³-hybridized carbons (Fsp3) is 0.200. The Morgan fingerprint density at radius 2 is 1.95 bits per heavy atom. The second kappa shape index (κ2) is 7.44. The Morgan fingerprint density at radius 1 is 1.19 bits per heavy atom. The molecule has 0 saturated carbocycles. The van der Waals surface area contributed by atoms with Crippen LogP contribution >= 0.6 is 11.3 Å². The average molecular weight is 304 g/mol. The van der Waals surface area contributed by atoms with Gasteiger partial charge in [0.25, 0.3) is 0 Å². The normalized spacial score (nSPS) is 9.95. The zero-order valence-electron chi connectivity index (χ0n) is 11.6. The number of anilines is 1. The molecule has 1 aromatic heterocycles. The van der Waals surface area contributed by atoms with Gasteiger partial charge in [0, 0.05) is 17.1 Å². The molecule has 21 heavy (non-hydrogen) atoms. The number of rotatable bonds is 5. The second-order valence-electron chi connectivity index (χ2n) is 4.28. The predicted molar refractivity (Wildman–Crippen MR) is 82.8 cm³/mol. The third-order valence-corrected chi connectivity index (χ3v) is 3.74. The first kappa shape index (κ1) is 15.1. The van der Waals surface area contributed by atoms with E-state index in [2.05, 4.69) is 15.4 Å². The van der Waals surface area contributed by atoms with Crippen LogP contribution in [-0.2, 0) is 11.2 Å². The molecule has 0 fully saturated rings. The highest BCUT2D eigenvalue weighted by molar-refractivity contribution is 7.09. The van der Waals surface area contributed by atoms with Crippen LogP contribution in [0.5, 0.6) is 0 Å². The molecule has 6 heteroatoms. The van der Waals surface area contributed by atoms with Gasteiger partial charge in [-0.1, -0.05) is 6.07 Å². The van der Waals surface area contributed by atoms with E-state index in [0.717, 1.165) is 6.42 Å². The van der Waals surface area contributed by atoms with Crippen LogP contribution in [0.15, 0.2) is 41.8 Å². The average Bonchev–Trinajstić information content (AvgIpc) is 3.00. The lowest BCUT2D eigenvalue weighted by molar-refractivity contribution is 0.0601. The van der Waals surface area contributed by atoms with Crippen LogP contribution in [0.2, 0.25) is 0 Å². The van der Waals surface area contributed by atoms with Crippen LogP contribution in [0.25, 0.3) is 0 Å². The molecule has 110 valence electrons. The van der Waals surface area contributed by atoms with Crippen molar-refractivity contribution in [3.05, 3.63) is 52.2 Å². The van der Waals surface area contributed by atoms with Crippen molar-refractivity contribution in [2.24, 2.45) is 0 Å². The van der Waals surface area contributed by atoms with E-state index in [-0.39, 0.29) is 6.03 Å². The molecule has 1 aromatic carbocycles. The fourth-order valence-corrected chi connectivity index (χ4v) is 2.45. The fourth-order valence-electron chi connectivity index (χ4n) is 1.74. The molecule has 1 heterocycles. The van der Waals surface area contributed by atoms with Crippen molar-refractivity contribution in [3.8, 4) is 0 Å². The lowest BCUT2D eigenvalue weighted by Gasteiger charge is -2.07. The van der Waals surface area contributed by atoms with Crippen molar-refractivity contribution < 1.29 is 14.3 Å². The number of esters is 1. The largest absolute Gasteiger partial charge is 0.465 e. The van der Waals surface area contributed by atoms with Gasteiger partial charge in [0.15, 0.2) is 0 Å². The summed E-state index contributed by atoms with van der Waals surface area (Å²) in [4.78, 5) is 24.2. The molecule has 0 aliphatic rings. The lowest BCUT2D eigenvalue weighted by Crippen LogP contribution is -2.30. The van der Waals surface area contributed by atoms with E-state index in [9.17, 15) is 9.59 Å². The van der Waals surface area contributed by atoms with E-state index in [4.69, 9.17) is 0 Å². The number of benzene rings is 1. The summed E-state index contributed by atoms with van der Waals surface area (Å²) in [6.07, 6.45) is 0.812. The minimum Gasteiger partial charge on any atom is -0.465 e. The Bertz CT molecular complexity index is 594. The van der Waals surface area contributed by atoms with E-state index in [1.807, 2.05) is 17.5 Å². The maximum absolute atomic E-state index is 11.7. The summed E-state index contributed by atoms with van der Waals surface area (Å²) in [5, 5.41) is 7.50. The molecular formula is C15H16N2O3S. The maximum Gasteiger partial charge on any atom is 0.337 e. The number of ether oxygens (including phenoxy) is 1. The van der Waals surface area contributed by atoms with E-state index < -0.39 is 5.97 Å². The number of thiophene rings is 1. The summed E-state index contributed by atoms with van der Waals surface area (Å²) in [5.41, 5.74) is 1.07. The number of methoxy groups -OCH3 is 1. The topological polar surface area (TPSA) is 67.4 Å². The first-order valence-corrected chi connectivity index (χ1v) is 7.32. The first-order valence-electron chi connectivity index (χ1n) is 6.44. The predicted octanol–water partition coefficient (Wildman–Crippen LogP) is 2.90. The van der Waals surface area contributed by atoms with Gasteiger partial charge in [-0.3, -0.25) is 0 Å². The summed E-state index contributed by atoms with van der Waals surface area (Å²) in [6.45, 7) is 0.576. The smallest absolute Gasteiger partial charge is 0.337 e. The highest BCUT2D eigenvalue weighted by Gasteiger charge is 2.06. The van der Waals surface area contributed by atoms with Gasteiger partial charge in [-0.2, -0.15) is 0 Å². The monoisotopic (exact) mass is 304 g/mol. The molecule has 0 bridgehead atoms. The molecule has 0 aliphatic carbocycles. The van der Waals surface area contributed by atoms with E-state index in [1.54, 1.807) is 35.6 Å². The second-order valence-corrected chi connectivity index (χ2v) is 5.31. The van der Waals surface area contributed by atoms with Crippen LogP contribution in [0, 0.1) is 0 Å². The number of carbonyl (C=O) groups is 2. The van der Waals surface area contributed by atoms with Crippen molar-refractivity contribution in [3.63, 3.8) is 0 Å². The standard InChI is InChI=1S/C15H16N2O3S/c1-20-14(18)11-4-6-12(7-5-11)17-15(19)16-9-8-13-3-2-10-21-13/h2-7,10H,8-9H2,1H3,(H2,16,17,19). The van der Waals surface area contributed by atoms with E-state index >= 15 is 0 Å². The summed E-state index contributed by atoms with van der Waals surface area (Å²) in [5.74, 6) is -0.401. The molecule has 2 amide bonds. The Labute approximate surface area is 126 Å². The highest BCUT2D eigenvalue weighted by Crippen LogP contribution is 2.10. The Balaban J connectivity index is 1.78. The lowest BCUT2D eigenvalue weighted by atomic mass is 10.2. The molecule has 2 rings (SSSR count). The number of amides is 2. The minimum atomic E-state index is -0.401. The molecule has 2 aromatic rings. The summed E-state index contributed by atoms with van der Waals surface area (Å²) in [6, 6.07) is 10.3. The third-order valence-electron chi connectivity index (χ3n) is 2.80. The maximum atomic E-state index is 11.7. The number of carbonyl (C=O) groups excluding carboxylic acids is 2. The quantitative estimate of drug-likeness (QED) is 0.835. The number of urea groups is 1. The zero-order chi connectivity index (χ0) is 15.1. The molecule has 0 spiro atoms. The molecule has 0 aliphatic heterocycles. The summed E-state index contributed by atoms with van der Waals surface area (Å²) < 4.78 is 4.61. The SMILES string of the molecule is COC(=O)c1ccc(NC(=O)NCCc2cccs2)cc1. The van der Waals surface area contributed by atoms with Crippen molar-refractivity contribution in [2.45, 2.75) is 6.42 Å². The van der Waals surface area contributed by atoms with Gasteiger partial charge < -0.3 is 15.4 Å². The van der Waals surface area contributed by atoms with Gasteiger partial charge in [-0.15, -0.1) is 11.3 Å². The van der Waals surface area contributed by atoms with Crippen LogP contribution in [0.4, 0.5) is 10.5 Å². The molecule has 0 radical (unpaired) electrons. The third kappa shape index (κ3) is 4.61. The van der Waals surface area contributed by atoms with Crippen LogP contribution < -0.4 is 10.6 Å². The van der Waals surface area contributed by atoms with Gasteiger partial charge in [0.2, 0.25) is 0 Å². The van der Waals surface area contributed by atoms with Crippen molar-refractivity contribution >= 4 is 29.0 Å². The number of nitrogens with one attached hydrogen (secondary N) is 2. The Morgan fingerprint density at radius 3 is 2.57 bits per heavy atom. The summed E-state index contributed by atoms with van der Waals surface area (Å²) >= 11 is 1.67. The zero-order valence-corrected chi connectivity index (χ0v) is 12.4. The van der Waals surface area contributed by atoms with Gasteiger partial charge >= 0.3 is 12.0 Å². The molecule has 0 saturated heterocycles. The van der Waals surface area contributed by atoms with Crippen molar-refractivity contribution in [2.75, 3.05) is 19.0 Å². The number of hydrogen-bond acceptors (Lipinski definition) is 4. The van der Waals surface area contributed by atoms with E-state index in [1.165, 1.54) is 12.0 Å². The molecule has 0 unspecified atom stereocenters. The van der Waals surface area contributed by atoms with Crippen LogP contribution in [0.1, 0.15) is 15.2 Å². The van der Waals surface area contributed by atoms with Gasteiger partial charge in [0.1, 0.15) is 0 Å². The summed E-state index contributed by atoms with van der Waals surface area (Å²) in [7, 11) is 1.33. The van der Waals surface area contributed by atoms with Crippen LogP contribution in [-0.4, -0.2) is 25.7 Å². The number of hydrogen-bond donors (Lipinski definition) is 2.